The first kappa shape index (κ1) is 21.6. The fraction of sp³-hybridized carbons (Fsp3) is 0.111. The third kappa shape index (κ3) is 5.96. The van der Waals surface area contributed by atoms with E-state index in [9.17, 15) is 14.4 Å². The van der Waals surface area contributed by atoms with Gasteiger partial charge >= 0.3 is 0 Å². The van der Waals surface area contributed by atoms with Crippen LogP contribution in [0.1, 0.15) is 10.4 Å². The normalized spacial score (nSPS) is 10.3. The molecule has 0 saturated heterocycles. The fourth-order valence-electron chi connectivity index (χ4n) is 2.20. The average molecular weight is 465 g/mol. The van der Waals surface area contributed by atoms with Crippen molar-refractivity contribution in [3.05, 3.63) is 58.2 Å². The summed E-state index contributed by atoms with van der Waals surface area (Å²) in [7, 11) is 0. The van der Waals surface area contributed by atoms with E-state index in [1.807, 2.05) is 6.07 Å². The molecule has 3 amide bonds. The molecule has 30 heavy (non-hydrogen) atoms. The summed E-state index contributed by atoms with van der Waals surface area (Å²) in [6.07, 6.45) is 1.63. The van der Waals surface area contributed by atoms with Crippen LogP contribution in [0.2, 0.25) is 10.0 Å². The predicted molar refractivity (Wildman–Crippen MR) is 114 cm³/mol. The summed E-state index contributed by atoms with van der Waals surface area (Å²) < 4.78 is 0. The number of nitrogens with one attached hydrogen (secondary N) is 3. The Hall–Kier alpha value is -3.08. The Bertz CT molecular complexity index is 1080. The van der Waals surface area contributed by atoms with Crippen LogP contribution in [0, 0.1) is 0 Å². The van der Waals surface area contributed by atoms with Crippen LogP contribution in [0.25, 0.3) is 10.7 Å². The zero-order valence-electron chi connectivity index (χ0n) is 15.2. The molecule has 3 N–H and O–H groups in total. The highest BCUT2D eigenvalue weighted by Crippen LogP contribution is 2.24. The summed E-state index contributed by atoms with van der Waals surface area (Å²) in [6.45, 7) is -0.622. The molecule has 154 valence electrons. The second kappa shape index (κ2) is 10.1. The monoisotopic (exact) mass is 464 g/mol. The number of benzene rings is 1. The van der Waals surface area contributed by atoms with Crippen molar-refractivity contribution in [1.82, 2.24) is 25.8 Å². The number of anilines is 1. The van der Waals surface area contributed by atoms with E-state index in [0.717, 1.165) is 11.3 Å². The number of carbonyl (C=O) groups is 3. The first-order chi connectivity index (χ1) is 14.4. The lowest BCUT2D eigenvalue weighted by Crippen LogP contribution is -2.40. The Morgan fingerprint density at radius 1 is 0.967 bits per heavy atom. The second-order valence-corrected chi connectivity index (χ2v) is 7.58. The van der Waals surface area contributed by atoms with E-state index in [2.05, 4.69) is 31.1 Å². The molecular formula is C18H14Cl2N6O3S. The van der Waals surface area contributed by atoms with Crippen molar-refractivity contribution in [2.24, 2.45) is 0 Å². The summed E-state index contributed by atoms with van der Waals surface area (Å²) in [6, 6.07) is 9.76. The first-order valence-corrected chi connectivity index (χ1v) is 10.0. The van der Waals surface area contributed by atoms with Gasteiger partial charge in [0.05, 0.1) is 23.7 Å². The van der Waals surface area contributed by atoms with Crippen LogP contribution in [0.3, 0.4) is 0 Å². The molecule has 0 aliphatic rings. The van der Waals surface area contributed by atoms with Crippen LogP contribution in [0.5, 0.6) is 0 Å². The third-order valence-electron chi connectivity index (χ3n) is 3.59. The summed E-state index contributed by atoms with van der Waals surface area (Å²) in [5.74, 6) is -1.57. The number of hydrogen-bond donors (Lipinski definition) is 3. The number of hydrogen-bond acceptors (Lipinski definition) is 7. The summed E-state index contributed by atoms with van der Waals surface area (Å²) in [5.41, 5.74) is 0.826. The Morgan fingerprint density at radius 3 is 2.50 bits per heavy atom. The smallest absolute Gasteiger partial charge is 0.253 e. The van der Waals surface area contributed by atoms with E-state index in [1.54, 1.807) is 18.3 Å². The van der Waals surface area contributed by atoms with Crippen LogP contribution < -0.4 is 16.0 Å². The van der Waals surface area contributed by atoms with Crippen LogP contribution >= 0.6 is 34.5 Å². The zero-order chi connectivity index (χ0) is 21.5. The van der Waals surface area contributed by atoms with Gasteiger partial charge in [-0.15, -0.1) is 10.2 Å². The van der Waals surface area contributed by atoms with Gasteiger partial charge in [-0.1, -0.05) is 40.6 Å². The molecule has 0 atom stereocenters. The van der Waals surface area contributed by atoms with E-state index >= 15 is 0 Å². The minimum Gasteiger partial charge on any atom is -0.345 e. The van der Waals surface area contributed by atoms with E-state index in [-0.39, 0.29) is 28.8 Å². The lowest BCUT2D eigenvalue weighted by atomic mass is 10.2. The van der Waals surface area contributed by atoms with Gasteiger partial charge < -0.3 is 10.6 Å². The fourth-order valence-corrected chi connectivity index (χ4v) is 3.43. The molecule has 0 aliphatic heterocycles. The van der Waals surface area contributed by atoms with Gasteiger partial charge in [0, 0.05) is 11.2 Å². The number of halogens is 2. The molecule has 3 aromatic rings. The molecule has 0 aliphatic carbocycles. The SMILES string of the molecule is O=C(CNC(=O)c1ccc(Cl)cc1Cl)NCC(=O)Nc1nnc(-c2ccccn2)s1. The highest BCUT2D eigenvalue weighted by Gasteiger charge is 2.14. The van der Waals surface area contributed by atoms with Gasteiger partial charge in [0.15, 0.2) is 5.01 Å². The standard InChI is InChI=1S/C18H14Cl2N6O3S/c19-10-4-5-11(12(20)7-10)16(29)23-8-14(27)22-9-15(28)24-18-26-25-17(30-18)13-3-1-2-6-21-13/h1-7H,8-9H2,(H,22,27)(H,23,29)(H,24,26,28). The average Bonchev–Trinajstić information content (AvgIpc) is 3.19. The highest BCUT2D eigenvalue weighted by molar-refractivity contribution is 7.18. The number of aromatic nitrogens is 3. The highest BCUT2D eigenvalue weighted by atomic mass is 35.5. The minimum atomic E-state index is -0.546. The molecule has 0 saturated carbocycles. The minimum absolute atomic E-state index is 0.168. The van der Waals surface area contributed by atoms with Gasteiger partial charge in [0.25, 0.3) is 5.91 Å². The van der Waals surface area contributed by atoms with Gasteiger partial charge in [0.1, 0.15) is 5.69 Å². The van der Waals surface area contributed by atoms with E-state index in [1.165, 1.54) is 18.2 Å². The van der Waals surface area contributed by atoms with Crippen molar-refractivity contribution in [3.63, 3.8) is 0 Å². The van der Waals surface area contributed by atoms with Gasteiger partial charge in [-0.05, 0) is 30.3 Å². The second-order valence-electron chi connectivity index (χ2n) is 5.76. The number of amides is 3. The maximum Gasteiger partial charge on any atom is 0.253 e. The molecule has 3 rings (SSSR count). The molecule has 2 aromatic heterocycles. The van der Waals surface area contributed by atoms with Crippen molar-refractivity contribution in [1.29, 1.82) is 0 Å². The number of carbonyl (C=O) groups excluding carboxylic acids is 3. The molecule has 0 unspecified atom stereocenters. The van der Waals surface area contributed by atoms with Gasteiger partial charge in [-0.25, -0.2) is 0 Å². The molecule has 0 bridgehead atoms. The number of nitrogens with zero attached hydrogens (tertiary/aromatic N) is 3. The van der Waals surface area contributed by atoms with Crippen molar-refractivity contribution in [2.75, 3.05) is 18.4 Å². The quantitative estimate of drug-likeness (QED) is 0.492. The molecule has 0 spiro atoms. The van der Waals surface area contributed by atoms with Crippen molar-refractivity contribution in [3.8, 4) is 10.7 Å². The Morgan fingerprint density at radius 2 is 1.77 bits per heavy atom. The van der Waals surface area contributed by atoms with E-state index in [0.29, 0.717) is 15.7 Å². The molecule has 0 fully saturated rings. The van der Waals surface area contributed by atoms with E-state index < -0.39 is 17.7 Å². The topological polar surface area (TPSA) is 126 Å². The maximum atomic E-state index is 12.1. The van der Waals surface area contributed by atoms with Crippen molar-refractivity contribution < 1.29 is 14.4 Å². The van der Waals surface area contributed by atoms with Crippen LogP contribution in [-0.4, -0.2) is 46.0 Å². The van der Waals surface area contributed by atoms with Gasteiger partial charge in [0.2, 0.25) is 16.9 Å². The lowest BCUT2D eigenvalue weighted by Gasteiger charge is -2.08. The Kier molecular flexibility index (Phi) is 7.28. The largest absolute Gasteiger partial charge is 0.345 e. The van der Waals surface area contributed by atoms with Crippen LogP contribution in [-0.2, 0) is 9.59 Å². The molecule has 2 heterocycles. The third-order valence-corrected chi connectivity index (χ3v) is 5.00. The van der Waals surface area contributed by atoms with Gasteiger partial charge in [-0.3, -0.25) is 24.7 Å². The summed E-state index contributed by atoms with van der Waals surface area (Å²) in [4.78, 5) is 40.1. The zero-order valence-corrected chi connectivity index (χ0v) is 17.5. The first-order valence-electron chi connectivity index (χ1n) is 8.47. The van der Waals surface area contributed by atoms with Crippen molar-refractivity contribution in [2.45, 2.75) is 0 Å². The molecule has 1 aromatic carbocycles. The maximum absolute atomic E-state index is 12.1. The van der Waals surface area contributed by atoms with E-state index in [4.69, 9.17) is 23.2 Å². The van der Waals surface area contributed by atoms with Crippen LogP contribution in [0.15, 0.2) is 42.6 Å². The number of pyridine rings is 1. The predicted octanol–water partition coefficient (Wildman–Crippen LogP) is 2.39. The molecule has 12 heteroatoms. The number of rotatable bonds is 7. The van der Waals surface area contributed by atoms with Gasteiger partial charge in [-0.2, -0.15) is 0 Å². The Balaban J connectivity index is 1.43. The van der Waals surface area contributed by atoms with Crippen molar-refractivity contribution >= 4 is 57.4 Å². The molecular weight excluding hydrogens is 451 g/mol. The summed E-state index contributed by atoms with van der Waals surface area (Å²) in [5, 5.41) is 16.6. The molecule has 9 nitrogen and oxygen atoms in total. The lowest BCUT2D eigenvalue weighted by molar-refractivity contribution is -0.123. The Labute approximate surface area is 184 Å². The van der Waals surface area contributed by atoms with Crippen LogP contribution in [0.4, 0.5) is 5.13 Å². The summed E-state index contributed by atoms with van der Waals surface area (Å²) >= 11 is 12.9. The molecule has 0 radical (unpaired) electrons.